The molecule has 1 aromatic carbocycles. The fourth-order valence-corrected chi connectivity index (χ4v) is 4.68. The Morgan fingerprint density at radius 2 is 1.97 bits per heavy atom. The van der Waals surface area contributed by atoms with Crippen molar-refractivity contribution in [1.82, 2.24) is 20.0 Å². The Hall–Kier alpha value is -2.00. The number of benzene rings is 1. The highest BCUT2D eigenvalue weighted by atomic mass is 16.5. The van der Waals surface area contributed by atoms with Gasteiger partial charge in [-0.2, -0.15) is 0 Å². The number of carbonyl (C=O) groups excluding carboxylic acids is 2. The average molecular weight is 447 g/mol. The van der Waals surface area contributed by atoms with E-state index in [4.69, 9.17) is 9.47 Å². The third-order valence-electron chi connectivity index (χ3n) is 6.54. The van der Waals surface area contributed by atoms with Gasteiger partial charge in [-0.1, -0.05) is 24.3 Å². The van der Waals surface area contributed by atoms with E-state index >= 15 is 0 Å². The molecule has 0 aromatic heterocycles. The first kappa shape index (κ1) is 24.6. The SMILES string of the molecule is COCCN(Cc1ccccc1C)C1CC(C(=O)N2CCCNCC2)N(C(=O)COC)C1. The van der Waals surface area contributed by atoms with Crippen LogP contribution >= 0.6 is 0 Å². The van der Waals surface area contributed by atoms with Gasteiger partial charge in [-0.25, -0.2) is 0 Å². The number of carbonyl (C=O) groups is 2. The van der Waals surface area contributed by atoms with E-state index < -0.39 is 6.04 Å². The lowest BCUT2D eigenvalue weighted by atomic mass is 10.1. The Labute approximate surface area is 191 Å². The van der Waals surface area contributed by atoms with E-state index in [9.17, 15) is 9.59 Å². The van der Waals surface area contributed by atoms with Gasteiger partial charge in [-0.3, -0.25) is 14.5 Å². The molecule has 1 N–H and O–H groups in total. The molecular weight excluding hydrogens is 408 g/mol. The molecule has 0 aliphatic carbocycles. The molecule has 2 atom stereocenters. The number of nitrogens with one attached hydrogen (secondary N) is 1. The van der Waals surface area contributed by atoms with Gasteiger partial charge >= 0.3 is 0 Å². The summed E-state index contributed by atoms with van der Waals surface area (Å²) >= 11 is 0. The maximum Gasteiger partial charge on any atom is 0.249 e. The van der Waals surface area contributed by atoms with Gasteiger partial charge in [0.1, 0.15) is 12.6 Å². The van der Waals surface area contributed by atoms with E-state index in [-0.39, 0.29) is 24.5 Å². The minimum Gasteiger partial charge on any atom is -0.383 e. The summed E-state index contributed by atoms with van der Waals surface area (Å²) in [5, 5.41) is 3.34. The van der Waals surface area contributed by atoms with Crippen LogP contribution < -0.4 is 5.32 Å². The lowest BCUT2D eigenvalue weighted by molar-refractivity contribution is -0.145. The predicted molar refractivity (Wildman–Crippen MR) is 123 cm³/mol. The minimum absolute atomic E-state index is 0.00603. The van der Waals surface area contributed by atoms with Crippen molar-refractivity contribution < 1.29 is 19.1 Å². The molecule has 2 unspecified atom stereocenters. The first-order valence-corrected chi connectivity index (χ1v) is 11.6. The Balaban J connectivity index is 1.80. The van der Waals surface area contributed by atoms with Crippen LogP contribution in [-0.2, 0) is 25.6 Å². The van der Waals surface area contributed by atoms with Gasteiger partial charge in [-0.05, 0) is 37.4 Å². The lowest BCUT2D eigenvalue weighted by Gasteiger charge is -2.29. The largest absolute Gasteiger partial charge is 0.383 e. The quantitative estimate of drug-likeness (QED) is 0.607. The smallest absolute Gasteiger partial charge is 0.249 e. The van der Waals surface area contributed by atoms with Gasteiger partial charge in [0.25, 0.3) is 0 Å². The van der Waals surface area contributed by atoms with Crippen molar-refractivity contribution in [3.05, 3.63) is 35.4 Å². The van der Waals surface area contributed by atoms with Crippen LogP contribution in [0.15, 0.2) is 24.3 Å². The van der Waals surface area contributed by atoms with Crippen molar-refractivity contribution in [3.63, 3.8) is 0 Å². The van der Waals surface area contributed by atoms with Crippen molar-refractivity contribution in [2.75, 3.05) is 66.7 Å². The molecule has 2 heterocycles. The molecular formula is C24H38N4O4. The van der Waals surface area contributed by atoms with Gasteiger partial charge in [-0.15, -0.1) is 0 Å². The third-order valence-corrected chi connectivity index (χ3v) is 6.54. The number of nitrogens with zero attached hydrogens (tertiary/aromatic N) is 3. The third kappa shape index (κ3) is 6.28. The monoisotopic (exact) mass is 446 g/mol. The molecule has 0 bridgehead atoms. The van der Waals surface area contributed by atoms with Crippen LogP contribution in [0.3, 0.4) is 0 Å². The minimum atomic E-state index is -0.442. The van der Waals surface area contributed by atoms with E-state index in [1.165, 1.54) is 18.2 Å². The molecule has 0 radical (unpaired) electrons. The number of aryl methyl sites for hydroxylation is 1. The zero-order valence-corrected chi connectivity index (χ0v) is 19.7. The second-order valence-corrected chi connectivity index (χ2v) is 8.70. The summed E-state index contributed by atoms with van der Waals surface area (Å²) in [6.45, 7) is 7.88. The maximum atomic E-state index is 13.5. The van der Waals surface area contributed by atoms with Crippen LogP contribution in [0.5, 0.6) is 0 Å². The number of rotatable bonds is 9. The first-order valence-electron chi connectivity index (χ1n) is 11.6. The maximum absolute atomic E-state index is 13.5. The summed E-state index contributed by atoms with van der Waals surface area (Å²) in [6.07, 6.45) is 1.56. The molecule has 0 spiro atoms. The fraction of sp³-hybridized carbons (Fsp3) is 0.667. The van der Waals surface area contributed by atoms with Gasteiger partial charge in [0.15, 0.2) is 0 Å². The molecule has 2 aliphatic rings. The van der Waals surface area contributed by atoms with E-state index in [1.54, 1.807) is 12.0 Å². The van der Waals surface area contributed by atoms with Crippen molar-refractivity contribution in [2.45, 2.75) is 38.4 Å². The highest BCUT2D eigenvalue weighted by molar-refractivity contribution is 5.89. The number of hydrogen-bond donors (Lipinski definition) is 1. The Kier molecular flexibility index (Phi) is 9.47. The molecule has 3 rings (SSSR count). The molecule has 0 saturated carbocycles. The zero-order chi connectivity index (χ0) is 22.9. The summed E-state index contributed by atoms with van der Waals surface area (Å²) in [7, 11) is 3.22. The molecule has 2 aliphatic heterocycles. The highest BCUT2D eigenvalue weighted by Gasteiger charge is 2.43. The standard InChI is InChI=1S/C24H38N4O4/c1-19-7-4-5-8-20(19)16-27(13-14-31-2)21-15-22(28(17-21)23(29)18-32-3)24(30)26-11-6-9-25-10-12-26/h4-5,7-8,21-22,25H,6,9-18H2,1-3H3. The predicted octanol–water partition coefficient (Wildman–Crippen LogP) is 0.881. The van der Waals surface area contributed by atoms with Gasteiger partial charge in [0.05, 0.1) is 6.61 Å². The van der Waals surface area contributed by atoms with Crippen LogP contribution in [0.25, 0.3) is 0 Å². The molecule has 178 valence electrons. The Morgan fingerprint density at radius 3 is 2.72 bits per heavy atom. The van der Waals surface area contributed by atoms with E-state index in [1.807, 2.05) is 11.0 Å². The van der Waals surface area contributed by atoms with Gasteiger partial charge in [0, 0.05) is 59.5 Å². The van der Waals surface area contributed by atoms with Crippen LogP contribution in [0.2, 0.25) is 0 Å². The Bertz CT molecular complexity index is 751. The van der Waals surface area contributed by atoms with Crippen LogP contribution in [0, 0.1) is 6.92 Å². The number of ether oxygens (including phenoxy) is 2. The summed E-state index contributed by atoms with van der Waals surface area (Å²) < 4.78 is 10.5. The molecule has 2 amide bonds. The van der Waals surface area contributed by atoms with Crippen molar-refractivity contribution in [1.29, 1.82) is 0 Å². The van der Waals surface area contributed by atoms with E-state index in [0.29, 0.717) is 26.1 Å². The molecule has 1 aromatic rings. The lowest BCUT2D eigenvalue weighted by Crippen LogP contribution is -2.49. The second kappa shape index (κ2) is 12.3. The van der Waals surface area contributed by atoms with Crippen LogP contribution in [0.1, 0.15) is 24.0 Å². The second-order valence-electron chi connectivity index (χ2n) is 8.70. The summed E-state index contributed by atoms with van der Waals surface area (Å²) in [5.74, 6) is -0.0629. The number of likely N-dealkylation sites (tertiary alicyclic amines) is 1. The molecule has 32 heavy (non-hydrogen) atoms. The highest BCUT2D eigenvalue weighted by Crippen LogP contribution is 2.26. The van der Waals surface area contributed by atoms with Crippen molar-refractivity contribution >= 4 is 11.8 Å². The molecule has 2 saturated heterocycles. The number of hydrogen-bond acceptors (Lipinski definition) is 6. The molecule has 8 nitrogen and oxygen atoms in total. The van der Waals surface area contributed by atoms with Crippen molar-refractivity contribution in [2.24, 2.45) is 0 Å². The number of methoxy groups -OCH3 is 2. The van der Waals surface area contributed by atoms with Crippen LogP contribution in [-0.4, -0.2) is 105 Å². The van der Waals surface area contributed by atoms with E-state index in [0.717, 1.165) is 39.1 Å². The zero-order valence-electron chi connectivity index (χ0n) is 19.7. The first-order chi connectivity index (χ1) is 15.5. The summed E-state index contributed by atoms with van der Waals surface area (Å²) in [6, 6.07) is 8.01. The van der Waals surface area contributed by atoms with Gasteiger partial charge < -0.3 is 24.6 Å². The van der Waals surface area contributed by atoms with Crippen molar-refractivity contribution in [3.8, 4) is 0 Å². The Morgan fingerprint density at radius 1 is 1.16 bits per heavy atom. The summed E-state index contributed by atoms with van der Waals surface area (Å²) in [5.41, 5.74) is 2.50. The summed E-state index contributed by atoms with van der Waals surface area (Å²) in [4.78, 5) is 32.4. The average Bonchev–Trinajstić information content (AvgIpc) is 3.05. The van der Waals surface area contributed by atoms with E-state index in [2.05, 4.69) is 35.3 Å². The topological polar surface area (TPSA) is 74.4 Å². The number of amides is 2. The van der Waals surface area contributed by atoms with Gasteiger partial charge in [0.2, 0.25) is 11.8 Å². The van der Waals surface area contributed by atoms with Crippen LogP contribution in [0.4, 0.5) is 0 Å². The molecule has 8 heteroatoms. The molecule has 2 fully saturated rings. The fourth-order valence-electron chi connectivity index (χ4n) is 4.68. The normalized spacial score (nSPS) is 21.8.